The van der Waals surface area contributed by atoms with Gasteiger partial charge in [-0.05, 0) is 80.1 Å². The van der Waals surface area contributed by atoms with Crippen molar-refractivity contribution in [1.82, 2.24) is 15.1 Å². The summed E-state index contributed by atoms with van der Waals surface area (Å²) >= 11 is 5.87. The Kier molecular flexibility index (Phi) is 8.39. The summed E-state index contributed by atoms with van der Waals surface area (Å²) < 4.78 is 20.5. The minimum atomic E-state index is -0.355. The zero-order valence-corrected chi connectivity index (χ0v) is 20.9. The number of benzene rings is 3. The van der Waals surface area contributed by atoms with Crippen molar-refractivity contribution in [2.75, 3.05) is 40.3 Å². The van der Waals surface area contributed by atoms with E-state index in [1.807, 2.05) is 18.2 Å². The van der Waals surface area contributed by atoms with E-state index in [1.54, 1.807) is 37.4 Å². The normalized spacial score (nSPS) is 15.0. The maximum absolute atomic E-state index is 14.9. The van der Waals surface area contributed by atoms with Crippen LogP contribution in [0.25, 0.3) is 11.1 Å². The van der Waals surface area contributed by atoms with Crippen LogP contribution in [0.1, 0.15) is 27.9 Å². The maximum atomic E-state index is 14.9. The van der Waals surface area contributed by atoms with E-state index in [4.69, 9.17) is 16.3 Å². The van der Waals surface area contributed by atoms with Gasteiger partial charge in [-0.1, -0.05) is 29.8 Å². The Bertz CT molecular complexity index is 1170. The molecule has 0 saturated carbocycles. The zero-order chi connectivity index (χ0) is 24.8. The number of hydrogen-bond donors (Lipinski definition) is 1. The lowest BCUT2D eigenvalue weighted by Gasteiger charge is -2.22. The molecule has 1 amide bonds. The highest BCUT2D eigenvalue weighted by Gasteiger charge is 2.16. The van der Waals surface area contributed by atoms with Gasteiger partial charge in [-0.15, -0.1) is 0 Å². The van der Waals surface area contributed by atoms with E-state index in [0.29, 0.717) is 16.1 Å². The van der Waals surface area contributed by atoms with Gasteiger partial charge in [0.2, 0.25) is 0 Å². The monoisotopic (exact) mass is 495 g/mol. The highest BCUT2D eigenvalue weighted by molar-refractivity contribution is 6.30. The van der Waals surface area contributed by atoms with Crippen molar-refractivity contribution in [3.8, 4) is 16.9 Å². The number of carbonyl (C=O) groups excluding carboxylic acids is 1. The summed E-state index contributed by atoms with van der Waals surface area (Å²) in [6.07, 6.45) is 1.14. The van der Waals surface area contributed by atoms with E-state index in [2.05, 4.69) is 28.2 Å². The van der Waals surface area contributed by atoms with E-state index >= 15 is 0 Å². The second kappa shape index (κ2) is 11.7. The molecule has 0 spiro atoms. The molecule has 0 aromatic heterocycles. The molecule has 1 fully saturated rings. The van der Waals surface area contributed by atoms with Crippen LogP contribution in [0.2, 0.25) is 5.02 Å². The van der Waals surface area contributed by atoms with Crippen molar-refractivity contribution in [3.63, 3.8) is 0 Å². The molecule has 4 rings (SSSR count). The standard InChI is InChI=1S/C28H31ClFN3O2/c1-32-12-3-13-33(15-14-32)19-24-16-21(8-11-27(24)35-2)22-4-5-23(26(30)17-22)18-31-28(34)20-6-9-25(29)10-7-20/h4-11,16-17H,3,12-15,18-19H2,1-2H3,(H,31,34). The van der Waals surface area contributed by atoms with Crippen molar-refractivity contribution in [2.24, 2.45) is 0 Å². The van der Waals surface area contributed by atoms with Crippen molar-refractivity contribution in [1.29, 1.82) is 0 Å². The largest absolute Gasteiger partial charge is 0.496 e. The summed E-state index contributed by atoms with van der Waals surface area (Å²) in [7, 11) is 3.84. The van der Waals surface area contributed by atoms with Gasteiger partial charge in [-0.3, -0.25) is 9.69 Å². The first-order valence-electron chi connectivity index (χ1n) is 11.8. The van der Waals surface area contributed by atoms with Gasteiger partial charge in [0, 0.05) is 47.9 Å². The molecule has 1 aliphatic rings. The molecular weight excluding hydrogens is 465 g/mol. The molecular formula is C28H31ClFN3O2. The fraction of sp³-hybridized carbons (Fsp3) is 0.321. The minimum Gasteiger partial charge on any atom is -0.496 e. The van der Waals surface area contributed by atoms with Gasteiger partial charge in [0.1, 0.15) is 11.6 Å². The topological polar surface area (TPSA) is 44.8 Å². The zero-order valence-electron chi connectivity index (χ0n) is 20.2. The molecule has 3 aromatic rings. The molecule has 0 aliphatic carbocycles. The smallest absolute Gasteiger partial charge is 0.251 e. The Morgan fingerprint density at radius 1 is 0.971 bits per heavy atom. The first-order valence-corrected chi connectivity index (χ1v) is 12.2. The number of halogens is 2. The fourth-order valence-electron chi connectivity index (χ4n) is 4.33. The summed E-state index contributed by atoms with van der Waals surface area (Å²) in [4.78, 5) is 17.1. The van der Waals surface area contributed by atoms with E-state index in [1.165, 1.54) is 6.07 Å². The first-order chi connectivity index (χ1) is 16.9. The predicted octanol–water partition coefficient (Wildman–Crippen LogP) is 5.22. The number of rotatable bonds is 7. The number of carbonyl (C=O) groups is 1. The highest BCUT2D eigenvalue weighted by atomic mass is 35.5. The van der Waals surface area contributed by atoms with Crippen LogP contribution in [0.3, 0.4) is 0 Å². The van der Waals surface area contributed by atoms with E-state index in [0.717, 1.165) is 61.6 Å². The van der Waals surface area contributed by atoms with Gasteiger partial charge in [-0.25, -0.2) is 4.39 Å². The predicted molar refractivity (Wildman–Crippen MR) is 138 cm³/mol. The lowest BCUT2D eigenvalue weighted by Crippen LogP contribution is -2.28. The van der Waals surface area contributed by atoms with Crippen LogP contribution in [0.5, 0.6) is 5.75 Å². The number of methoxy groups -OCH3 is 1. The number of ether oxygens (including phenoxy) is 1. The number of likely N-dealkylation sites (N-methyl/N-ethyl adjacent to an activating group) is 1. The van der Waals surface area contributed by atoms with Crippen molar-refractivity contribution in [3.05, 3.63) is 88.2 Å². The molecule has 0 radical (unpaired) electrons. The number of amides is 1. The Labute approximate surface area is 211 Å². The third-order valence-corrected chi connectivity index (χ3v) is 6.67. The number of nitrogens with one attached hydrogen (secondary N) is 1. The molecule has 3 aromatic carbocycles. The van der Waals surface area contributed by atoms with E-state index in [-0.39, 0.29) is 18.3 Å². The molecule has 5 nitrogen and oxygen atoms in total. The lowest BCUT2D eigenvalue weighted by atomic mass is 10.00. The molecule has 0 atom stereocenters. The average Bonchev–Trinajstić information content (AvgIpc) is 3.07. The highest BCUT2D eigenvalue weighted by Crippen LogP contribution is 2.29. The van der Waals surface area contributed by atoms with Gasteiger partial charge in [0.25, 0.3) is 5.91 Å². The molecule has 1 aliphatic heterocycles. The summed E-state index contributed by atoms with van der Waals surface area (Å²) in [5, 5.41) is 3.32. The quantitative estimate of drug-likeness (QED) is 0.488. The average molecular weight is 496 g/mol. The van der Waals surface area contributed by atoms with Gasteiger partial charge in [0.15, 0.2) is 0 Å². The third kappa shape index (κ3) is 6.60. The molecule has 0 unspecified atom stereocenters. The Balaban J connectivity index is 1.46. The van der Waals surface area contributed by atoms with Gasteiger partial charge >= 0.3 is 0 Å². The van der Waals surface area contributed by atoms with E-state index in [9.17, 15) is 9.18 Å². The summed E-state index contributed by atoms with van der Waals surface area (Å²) in [5.74, 6) is 0.213. The van der Waals surface area contributed by atoms with Gasteiger partial charge < -0.3 is 15.0 Å². The third-order valence-electron chi connectivity index (χ3n) is 6.42. The SMILES string of the molecule is COc1ccc(-c2ccc(CNC(=O)c3ccc(Cl)cc3)c(F)c2)cc1CN1CCCN(C)CC1. The minimum absolute atomic E-state index is 0.102. The van der Waals surface area contributed by atoms with Crippen molar-refractivity contribution in [2.45, 2.75) is 19.5 Å². The maximum Gasteiger partial charge on any atom is 0.251 e. The number of hydrogen-bond acceptors (Lipinski definition) is 4. The Morgan fingerprint density at radius 3 is 2.46 bits per heavy atom. The van der Waals surface area contributed by atoms with Crippen LogP contribution in [0.15, 0.2) is 60.7 Å². The molecule has 1 saturated heterocycles. The second-order valence-corrected chi connectivity index (χ2v) is 9.39. The van der Waals surface area contributed by atoms with Crippen LogP contribution in [-0.2, 0) is 13.1 Å². The molecule has 1 N–H and O–H groups in total. The van der Waals surface area contributed by atoms with Crippen molar-refractivity contribution < 1.29 is 13.9 Å². The summed E-state index contributed by atoms with van der Waals surface area (Å²) in [6.45, 7) is 5.10. The molecule has 0 bridgehead atoms. The summed E-state index contributed by atoms with van der Waals surface area (Å²) in [6, 6.07) is 17.7. The Morgan fingerprint density at radius 2 is 1.71 bits per heavy atom. The van der Waals surface area contributed by atoms with Crippen LogP contribution < -0.4 is 10.1 Å². The molecule has 1 heterocycles. The van der Waals surface area contributed by atoms with Crippen molar-refractivity contribution >= 4 is 17.5 Å². The van der Waals surface area contributed by atoms with Crippen LogP contribution in [-0.4, -0.2) is 56.0 Å². The molecule has 7 heteroatoms. The Hall–Kier alpha value is -2.93. The lowest BCUT2D eigenvalue weighted by molar-refractivity contribution is 0.0950. The van der Waals surface area contributed by atoms with Crippen LogP contribution in [0, 0.1) is 5.82 Å². The van der Waals surface area contributed by atoms with E-state index < -0.39 is 0 Å². The number of nitrogens with zero attached hydrogens (tertiary/aromatic N) is 2. The molecule has 184 valence electrons. The van der Waals surface area contributed by atoms with Crippen LogP contribution >= 0.6 is 11.6 Å². The van der Waals surface area contributed by atoms with Gasteiger partial charge in [0.05, 0.1) is 7.11 Å². The van der Waals surface area contributed by atoms with Crippen LogP contribution in [0.4, 0.5) is 4.39 Å². The summed E-state index contributed by atoms with van der Waals surface area (Å²) in [5.41, 5.74) is 3.72. The van der Waals surface area contributed by atoms with Gasteiger partial charge in [-0.2, -0.15) is 0 Å². The first kappa shape index (κ1) is 25.2. The fourth-order valence-corrected chi connectivity index (χ4v) is 4.46. The second-order valence-electron chi connectivity index (χ2n) is 8.96. The molecule has 35 heavy (non-hydrogen) atoms.